The molecule has 1 atom stereocenters. The van der Waals surface area contributed by atoms with Crippen LogP contribution in [0.3, 0.4) is 0 Å². The molecule has 2 aromatic carbocycles. The van der Waals surface area contributed by atoms with Crippen molar-refractivity contribution in [3.05, 3.63) is 109 Å². The Morgan fingerprint density at radius 3 is 2.65 bits per heavy atom. The van der Waals surface area contributed by atoms with Crippen LogP contribution in [0.4, 0.5) is 4.39 Å². The first-order chi connectivity index (χ1) is 14.9. The van der Waals surface area contributed by atoms with E-state index in [1.165, 1.54) is 17.0 Å². The molecule has 0 saturated heterocycles. The van der Waals surface area contributed by atoms with Crippen LogP contribution in [-0.2, 0) is 6.54 Å². The molecule has 1 amide bonds. The number of rotatable bonds is 3. The molecule has 154 valence electrons. The average Bonchev–Trinajstić information content (AvgIpc) is 3.03. The number of pyridine rings is 1. The van der Waals surface area contributed by atoms with E-state index < -0.39 is 23.2 Å². The van der Waals surface area contributed by atoms with Gasteiger partial charge in [-0.3, -0.25) is 14.6 Å². The molecule has 0 saturated carbocycles. The van der Waals surface area contributed by atoms with E-state index in [-0.39, 0.29) is 33.9 Å². The Labute approximate surface area is 185 Å². The van der Waals surface area contributed by atoms with E-state index in [4.69, 9.17) is 27.6 Å². The quantitative estimate of drug-likeness (QED) is 0.416. The molecule has 5 nitrogen and oxygen atoms in total. The molecule has 31 heavy (non-hydrogen) atoms. The molecule has 1 aliphatic heterocycles. The number of hydrogen-bond donors (Lipinski definition) is 0. The number of hydrogen-bond acceptors (Lipinski definition) is 4. The molecule has 0 N–H and O–H groups in total. The number of halogens is 3. The van der Waals surface area contributed by atoms with Crippen molar-refractivity contribution in [1.82, 2.24) is 9.88 Å². The Hall–Kier alpha value is -3.22. The fraction of sp³-hybridized carbons (Fsp3) is 0.0870. The second-order valence-corrected chi connectivity index (χ2v) is 8.00. The van der Waals surface area contributed by atoms with Crippen molar-refractivity contribution >= 4 is 40.1 Å². The Balaban J connectivity index is 1.75. The van der Waals surface area contributed by atoms with Crippen molar-refractivity contribution in [1.29, 1.82) is 0 Å². The minimum Gasteiger partial charge on any atom is -0.450 e. The number of carbonyl (C=O) groups excluding carboxylic acids is 1. The van der Waals surface area contributed by atoms with Crippen LogP contribution in [0.2, 0.25) is 10.0 Å². The third kappa shape index (κ3) is 3.28. The normalized spacial score (nSPS) is 15.5. The average molecular weight is 455 g/mol. The smallest absolute Gasteiger partial charge is 0.291 e. The van der Waals surface area contributed by atoms with Crippen molar-refractivity contribution < 1.29 is 13.6 Å². The molecular formula is C23H13Cl2FN2O3. The Morgan fingerprint density at radius 1 is 1.06 bits per heavy atom. The third-order valence-corrected chi connectivity index (χ3v) is 6.00. The van der Waals surface area contributed by atoms with Gasteiger partial charge in [0.15, 0.2) is 5.43 Å². The number of fused-ring (bicyclic) bond motifs is 2. The fourth-order valence-corrected chi connectivity index (χ4v) is 4.18. The lowest BCUT2D eigenvalue weighted by atomic mass is 9.98. The van der Waals surface area contributed by atoms with Gasteiger partial charge in [-0.05, 0) is 47.5 Å². The maximum Gasteiger partial charge on any atom is 0.291 e. The van der Waals surface area contributed by atoms with E-state index in [2.05, 4.69) is 4.98 Å². The zero-order valence-corrected chi connectivity index (χ0v) is 17.3. The predicted octanol–water partition coefficient (Wildman–Crippen LogP) is 5.38. The summed E-state index contributed by atoms with van der Waals surface area (Å²) in [5.41, 5.74) is 1.19. The highest BCUT2D eigenvalue weighted by molar-refractivity contribution is 6.42. The van der Waals surface area contributed by atoms with Gasteiger partial charge in [-0.1, -0.05) is 35.3 Å². The first-order valence-corrected chi connectivity index (χ1v) is 10.1. The zero-order chi connectivity index (χ0) is 21.7. The van der Waals surface area contributed by atoms with Crippen LogP contribution in [0.25, 0.3) is 11.0 Å². The van der Waals surface area contributed by atoms with E-state index >= 15 is 0 Å². The van der Waals surface area contributed by atoms with Crippen molar-refractivity contribution in [2.75, 3.05) is 0 Å². The van der Waals surface area contributed by atoms with Crippen LogP contribution in [0.15, 0.2) is 70.1 Å². The first kappa shape index (κ1) is 19.7. The fourth-order valence-electron chi connectivity index (χ4n) is 3.87. The molecule has 0 fully saturated rings. The second kappa shape index (κ2) is 7.48. The van der Waals surface area contributed by atoms with Crippen molar-refractivity contribution in [2.45, 2.75) is 12.6 Å². The summed E-state index contributed by atoms with van der Waals surface area (Å²) in [5.74, 6) is -1.08. The van der Waals surface area contributed by atoms with Crippen LogP contribution in [-0.4, -0.2) is 15.8 Å². The van der Waals surface area contributed by atoms with E-state index in [9.17, 15) is 14.0 Å². The van der Waals surface area contributed by atoms with Gasteiger partial charge in [0.2, 0.25) is 5.76 Å². The van der Waals surface area contributed by atoms with Gasteiger partial charge in [-0.25, -0.2) is 4.39 Å². The largest absolute Gasteiger partial charge is 0.450 e. The molecule has 4 aromatic rings. The Bertz CT molecular complexity index is 1410. The molecular weight excluding hydrogens is 442 g/mol. The summed E-state index contributed by atoms with van der Waals surface area (Å²) in [5, 5.41) is 0.707. The zero-order valence-electron chi connectivity index (χ0n) is 15.8. The maximum atomic E-state index is 13.8. The molecule has 5 rings (SSSR count). The lowest BCUT2D eigenvalue weighted by Gasteiger charge is -2.25. The standard InChI is InChI=1S/C23H13Cl2FN2O3/c24-16-5-3-13(8-17(16)25)20-19-21(29)15-9-14(26)4-6-18(15)31-22(19)23(30)28(20)11-12-2-1-7-27-10-12/h1-10,20H,11H2. The number of amides is 1. The van der Waals surface area contributed by atoms with Crippen LogP contribution in [0.5, 0.6) is 0 Å². The number of benzene rings is 2. The molecule has 3 heterocycles. The van der Waals surface area contributed by atoms with Gasteiger partial charge < -0.3 is 9.32 Å². The number of carbonyl (C=O) groups is 1. The second-order valence-electron chi connectivity index (χ2n) is 7.18. The van der Waals surface area contributed by atoms with Gasteiger partial charge in [0, 0.05) is 18.9 Å². The van der Waals surface area contributed by atoms with Crippen molar-refractivity contribution in [2.24, 2.45) is 0 Å². The SMILES string of the molecule is O=C1c2oc3ccc(F)cc3c(=O)c2C(c2ccc(Cl)c(Cl)c2)N1Cc1cccnc1. The number of aromatic nitrogens is 1. The van der Waals surface area contributed by atoms with Crippen LogP contribution in [0.1, 0.15) is 33.3 Å². The topological polar surface area (TPSA) is 63.4 Å². The van der Waals surface area contributed by atoms with Crippen LogP contribution >= 0.6 is 23.2 Å². The van der Waals surface area contributed by atoms with Gasteiger partial charge in [-0.2, -0.15) is 0 Å². The lowest BCUT2D eigenvalue weighted by Crippen LogP contribution is -2.29. The molecule has 0 bridgehead atoms. The summed E-state index contributed by atoms with van der Waals surface area (Å²) >= 11 is 12.3. The maximum absolute atomic E-state index is 13.8. The van der Waals surface area contributed by atoms with Gasteiger partial charge in [0.05, 0.1) is 27.0 Å². The van der Waals surface area contributed by atoms with Gasteiger partial charge in [-0.15, -0.1) is 0 Å². The van der Waals surface area contributed by atoms with E-state index in [1.807, 2.05) is 6.07 Å². The number of nitrogens with zero attached hydrogens (tertiary/aromatic N) is 2. The summed E-state index contributed by atoms with van der Waals surface area (Å²) in [7, 11) is 0. The van der Waals surface area contributed by atoms with Crippen LogP contribution in [0, 0.1) is 5.82 Å². The highest BCUT2D eigenvalue weighted by Gasteiger charge is 2.42. The van der Waals surface area contributed by atoms with Gasteiger partial charge in [0.25, 0.3) is 5.91 Å². The Kier molecular flexibility index (Phi) is 4.76. The first-order valence-electron chi connectivity index (χ1n) is 9.35. The van der Waals surface area contributed by atoms with E-state index in [0.29, 0.717) is 10.6 Å². The minimum absolute atomic E-state index is 0.0657. The summed E-state index contributed by atoms with van der Waals surface area (Å²) < 4.78 is 19.6. The highest BCUT2D eigenvalue weighted by Crippen LogP contribution is 2.40. The van der Waals surface area contributed by atoms with Crippen molar-refractivity contribution in [3.8, 4) is 0 Å². The summed E-state index contributed by atoms with van der Waals surface area (Å²) in [6.07, 6.45) is 3.27. The summed E-state index contributed by atoms with van der Waals surface area (Å²) in [6.45, 7) is 0.186. The van der Waals surface area contributed by atoms with Crippen molar-refractivity contribution in [3.63, 3.8) is 0 Å². The molecule has 2 aromatic heterocycles. The summed E-state index contributed by atoms with van der Waals surface area (Å²) in [6, 6.07) is 11.4. The Morgan fingerprint density at radius 2 is 1.90 bits per heavy atom. The summed E-state index contributed by atoms with van der Waals surface area (Å²) in [4.78, 5) is 32.3. The highest BCUT2D eigenvalue weighted by atomic mass is 35.5. The molecule has 0 spiro atoms. The monoisotopic (exact) mass is 454 g/mol. The molecule has 0 aliphatic carbocycles. The van der Waals surface area contributed by atoms with Gasteiger partial charge in [0.1, 0.15) is 11.4 Å². The van der Waals surface area contributed by atoms with Gasteiger partial charge >= 0.3 is 0 Å². The molecule has 1 aliphatic rings. The van der Waals surface area contributed by atoms with E-state index in [0.717, 1.165) is 11.6 Å². The van der Waals surface area contributed by atoms with Crippen LogP contribution < -0.4 is 5.43 Å². The minimum atomic E-state index is -0.776. The molecule has 0 radical (unpaired) electrons. The predicted molar refractivity (Wildman–Crippen MR) is 115 cm³/mol. The molecule has 8 heteroatoms. The lowest BCUT2D eigenvalue weighted by molar-refractivity contribution is 0.0714. The van der Waals surface area contributed by atoms with E-state index in [1.54, 1.807) is 36.7 Å². The third-order valence-electron chi connectivity index (χ3n) is 5.26. The molecule has 1 unspecified atom stereocenters.